The van der Waals surface area contributed by atoms with E-state index in [4.69, 9.17) is 5.11 Å². The molecule has 18 heavy (non-hydrogen) atoms. The van der Waals surface area contributed by atoms with E-state index in [0.717, 1.165) is 13.1 Å². The van der Waals surface area contributed by atoms with Gasteiger partial charge in [0.25, 0.3) is 5.91 Å². The van der Waals surface area contributed by atoms with E-state index in [0.29, 0.717) is 12.0 Å². The molecule has 1 aliphatic heterocycles. The van der Waals surface area contributed by atoms with Crippen molar-refractivity contribution in [2.45, 2.75) is 38.9 Å². The van der Waals surface area contributed by atoms with Crippen molar-refractivity contribution >= 4 is 5.91 Å². The number of aliphatic hydroxyl groups excluding tert-OH is 1. The van der Waals surface area contributed by atoms with Crippen molar-refractivity contribution in [2.24, 2.45) is 0 Å². The SMILES string of the molecule is CC(C)(CCO)NC(=O)c1ccc2c(c1)CNC2. The Balaban J connectivity index is 2.10. The molecule has 1 amide bonds. The van der Waals surface area contributed by atoms with Gasteiger partial charge in [-0.2, -0.15) is 0 Å². The number of amides is 1. The number of rotatable bonds is 4. The largest absolute Gasteiger partial charge is 0.396 e. The van der Waals surface area contributed by atoms with Crippen LogP contribution in [0.25, 0.3) is 0 Å². The molecule has 3 N–H and O–H groups in total. The Morgan fingerprint density at radius 1 is 1.39 bits per heavy atom. The first kappa shape index (κ1) is 13.1. The summed E-state index contributed by atoms with van der Waals surface area (Å²) in [7, 11) is 0. The first-order chi connectivity index (χ1) is 8.52. The summed E-state index contributed by atoms with van der Waals surface area (Å²) in [5.74, 6) is -0.0804. The molecule has 0 aromatic heterocycles. The number of carbonyl (C=O) groups is 1. The second-order valence-corrected chi connectivity index (χ2v) is 5.40. The van der Waals surface area contributed by atoms with Crippen LogP contribution >= 0.6 is 0 Å². The second kappa shape index (κ2) is 5.08. The Bertz CT molecular complexity index is 455. The van der Waals surface area contributed by atoms with Crippen LogP contribution in [-0.4, -0.2) is 23.2 Å². The summed E-state index contributed by atoms with van der Waals surface area (Å²) < 4.78 is 0. The highest BCUT2D eigenvalue weighted by atomic mass is 16.3. The van der Waals surface area contributed by atoms with Gasteiger partial charge in [0.15, 0.2) is 0 Å². The molecule has 1 aliphatic rings. The van der Waals surface area contributed by atoms with Crippen LogP contribution in [0.3, 0.4) is 0 Å². The lowest BCUT2D eigenvalue weighted by molar-refractivity contribution is 0.0899. The molecule has 0 spiro atoms. The van der Waals surface area contributed by atoms with Crippen LogP contribution in [0.4, 0.5) is 0 Å². The Kier molecular flexibility index (Phi) is 3.68. The lowest BCUT2D eigenvalue weighted by atomic mass is 9.99. The molecule has 0 saturated heterocycles. The summed E-state index contributed by atoms with van der Waals surface area (Å²) >= 11 is 0. The molecular formula is C14H20N2O2. The van der Waals surface area contributed by atoms with Gasteiger partial charge in [0, 0.05) is 30.8 Å². The Morgan fingerprint density at radius 2 is 2.11 bits per heavy atom. The van der Waals surface area contributed by atoms with Crippen molar-refractivity contribution in [1.82, 2.24) is 10.6 Å². The van der Waals surface area contributed by atoms with Gasteiger partial charge in [0.1, 0.15) is 0 Å². The van der Waals surface area contributed by atoms with Crippen LogP contribution in [0.5, 0.6) is 0 Å². The number of fused-ring (bicyclic) bond motifs is 1. The van der Waals surface area contributed by atoms with Crippen molar-refractivity contribution in [3.05, 3.63) is 34.9 Å². The van der Waals surface area contributed by atoms with E-state index >= 15 is 0 Å². The number of hydrogen-bond acceptors (Lipinski definition) is 3. The lowest BCUT2D eigenvalue weighted by Gasteiger charge is -2.25. The number of carbonyl (C=O) groups excluding carboxylic acids is 1. The molecule has 0 radical (unpaired) electrons. The highest BCUT2D eigenvalue weighted by molar-refractivity contribution is 5.95. The highest BCUT2D eigenvalue weighted by Crippen LogP contribution is 2.18. The van der Waals surface area contributed by atoms with Crippen LogP contribution < -0.4 is 10.6 Å². The molecule has 0 aliphatic carbocycles. The average molecular weight is 248 g/mol. The van der Waals surface area contributed by atoms with E-state index in [9.17, 15) is 4.79 Å². The molecule has 4 nitrogen and oxygen atoms in total. The van der Waals surface area contributed by atoms with Crippen LogP contribution in [-0.2, 0) is 13.1 Å². The molecule has 1 aromatic rings. The van der Waals surface area contributed by atoms with Gasteiger partial charge in [0.2, 0.25) is 0 Å². The maximum atomic E-state index is 12.1. The maximum Gasteiger partial charge on any atom is 0.251 e. The van der Waals surface area contributed by atoms with Gasteiger partial charge in [-0.15, -0.1) is 0 Å². The highest BCUT2D eigenvalue weighted by Gasteiger charge is 2.21. The normalized spacial score (nSPS) is 14.4. The predicted octanol–water partition coefficient (Wildman–Crippen LogP) is 1.18. The van der Waals surface area contributed by atoms with Crippen molar-refractivity contribution in [3.8, 4) is 0 Å². The molecule has 0 fully saturated rings. The summed E-state index contributed by atoms with van der Waals surface area (Å²) in [6.07, 6.45) is 0.547. The van der Waals surface area contributed by atoms with E-state index < -0.39 is 0 Å². The minimum Gasteiger partial charge on any atom is -0.396 e. The van der Waals surface area contributed by atoms with E-state index in [1.54, 1.807) is 0 Å². The fourth-order valence-corrected chi connectivity index (χ4v) is 2.16. The third kappa shape index (κ3) is 2.89. The zero-order valence-corrected chi connectivity index (χ0v) is 10.9. The summed E-state index contributed by atoms with van der Waals surface area (Å²) in [5, 5.41) is 15.2. The molecule has 0 unspecified atom stereocenters. The summed E-state index contributed by atoms with van der Waals surface area (Å²) in [5.41, 5.74) is 2.76. The molecule has 1 heterocycles. The van der Waals surface area contributed by atoms with Crippen LogP contribution in [0.1, 0.15) is 41.8 Å². The van der Waals surface area contributed by atoms with E-state index in [2.05, 4.69) is 10.6 Å². The number of hydrogen-bond donors (Lipinski definition) is 3. The Hall–Kier alpha value is -1.39. The van der Waals surface area contributed by atoms with Gasteiger partial charge >= 0.3 is 0 Å². The molecule has 98 valence electrons. The van der Waals surface area contributed by atoms with Crippen LogP contribution in [0, 0.1) is 0 Å². The number of aliphatic hydroxyl groups is 1. The first-order valence-corrected chi connectivity index (χ1v) is 6.28. The summed E-state index contributed by atoms with van der Waals surface area (Å²) in [6, 6.07) is 5.80. The minimum atomic E-state index is -0.386. The van der Waals surface area contributed by atoms with Gasteiger partial charge in [-0.3, -0.25) is 4.79 Å². The third-order valence-electron chi connectivity index (χ3n) is 3.29. The quantitative estimate of drug-likeness (QED) is 0.750. The van der Waals surface area contributed by atoms with Crippen LogP contribution in [0.15, 0.2) is 18.2 Å². The van der Waals surface area contributed by atoms with Gasteiger partial charge in [-0.05, 0) is 43.5 Å². The van der Waals surface area contributed by atoms with Crippen molar-refractivity contribution < 1.29 is 9.90 Å². The summed E-state index contributed by atoms with van der Waals surface area (Å²) in [6.45, 7) is 5.61. The van der Waals surface area contributed by atoms with E-state index in [-0.39, 0.29) is 18.1 Å². The molecule has 1 aromatic carbocycles. The van der Waals surface area contributed by atoms with Crippen molar-refractivity contribution in [3.63, 3.8) is 0 Å². The van der Waals surface area contributed by atoms with E-state index in [1.165, 1.54) is 11.1 Å². The molecule has 0 bridgehead atoms. The van der Waals surface area contributed by atoms with E-state index in [1.807, 2.05) is 32.0 Å². The molecule has 0 atom stereocenters. The van der Waals surface area contributed by atoms with Crippen molar-refractivity contribution in [2.75, 3.05) is 6.61 Å². The maximum absolute atomic E-state index is 12.1. The number of benzene rings is 1. The zero-order chi connectivity index (χ0) is 13.2. The molecule has 4 heteroatoms. The van der Waals surface area contributed by atoms with Gasteiger partial charge < -0.3 is 15.7 Å². The summed E-state index contributed by atoms with van der Waals surface area (Å²) in [4.78, 5) is 12.1. The standard InChI is InChI=1S/C14H20N2O2/c1-14(2,5-6-17)16-13(18)10-3-4-11-8-15-9-12(11)7-10/h3-4,7,15,17H,5-6,8-9H2,1-2H3,(H,16,18). The predicted molar refractivity (Wildman–Crippen MR) is 70.2 cm³/mol. The Morgan fingerprint density at radius 3 is 2.83 bits per heavy atom. The third-order valence-corrected chi connectivity index (χ3v) is 3.29. The zero-order valence-electron chi connectivity index (χ0n) is 10.9. The second-order valence-electron chi connectivity index (χ2n) is 5.40. The Labute approximate surface area is 107 Å². The van der Waals surface area contributed by atoms with Gasteiger partial charge in [0.05, 0.1) is 0 Å². The van der Waals surface area contributed by atoms with Crippen LogP contribution in [0.2, 0.25) is 0 Å². The lowest BCUT2D eigenvalue weighted by Crippen LogP contribution is -2.44. The topological polar surface area (TPSA) is 61.4 Å². The number of nitrogens with one attached hydrogen (secondary N) is 2. The fourth-order valence-electron chi connectivity index (χ4n) is 2.16. The smallest absolute Gasteiger partial charge is 0.251 e. The minimum absolute atomic E-state index is 0.0708. The molecular weight excluding hydrogens is 228 g/mol. The fraction of sp³-hybridized carbons (Fsp3) is 0.500. The van der Waals surface area contributed by atoms with Gasteiger partial charge in [-0.1, -0.05) is 6.07 Å². The monoisotopic (exact) mass is 248 g/mol. The average Bonchev–Trinajstić information content (AvgIpc) is 2.74. The van der Waals surface area contributed by atoms with Gasteiger partial charge in [-0.25, -0.2) is 0 Å². The molecule has 2 rings (SSSR count). The van der Waals surface area contributed by atoms with Crippen molar-refractivity contribution in [1.29, 1.82) is 0 Å². The molecule has 0 saturated carbocycles. The first-order valence-electron chi connectivity index (χ1n) is 6.28.